The molecule has 0 atom stereocenters. The number of fused-ring (bicyclic) bond motifs is 2. The van der Waals surface area contributed by atoms with E-state index in [1.807, 2.05) is 0 Å². The van der Waals surface area contributed by atoms with Gasteiger partial charge >= 0.3 is 0 Å². The summed E-state index contributed by atoms with van der Waals surface area (Å²) in [6.45, 7) is 6.91. The molecule has 0 radical (unpaired) electrons. The van der Waals surface area contributed by atoms with Gasteiger partial charge in [-0.2, -0.15) is 0 Å². The van der Waals surface area contributed by atoms with Crippen molar-refractivity contribution in [1.82, 2.24) is 0 Å². The summed E-state index contributed by atoms with van der Waals surface area (Å²) in [7, 11) is 0. The molecule has 0 fully saturated rings. The van der Waals surface area contributed by atoms with Crippen molar-refractivity contribution >= 4 is 51.2 Å². The Balaban J connectivity index is 1.27. The smallest absolute Gasteiger partial charge is 0.0504 e. The normalized spacial score (nSPS) is 12.9. The lowest BCUT2D eigenvalue weighted by Gasteiger charge is -2.43. The second-order valence-corrected chi connectivity index (χ2v) is 13.2. The van der Waals surface area contributed by atoms with Crippen molar-refractivity contribution in [2.24, 2.45) is 0 Å². The molecule has 0 unspecified atom stereocenters. The van der Waals surface area contributed by atoms with Crippen LogP contribution in [0.1, 0.15) is 30.5 Å². The van der Waals surface area contributed by atoms with Crippen LogP contribution >= 0.6 is 0 Å². The van der Waals surface area contributed by atoms with Gasteiger partial charge in [-0.15, -0.1) is 0 Å². The molecule has 0 saturated heterocycles. The lowest BCUT2D eigenvalue weighted by molar-refractivity contribution is 0.631. The Morgan fingerprint density at radius 3 is 1.22 bits per heavy atom. The van der Waals surface area contributed by atoms with Gasteiger partial charge in [-0.3, -0.25) is 0 Å². The average molecular weight is 634 g/mol. The third-order valence-electron chi connectivity index (χ3n) is 9.64. The highest BCUT2D eigenvalue weighted by Gasteiger charge is 2.37. The minimum Gasteiger partial charge on any atom is -0.311 e. The van der Waals surface area contributed by atoms with Crippen molar-refractivity contribution in [2.45, 2.75) is 26.2 Å². The highest BCUT2D eigenvalue weighted by molar-refractivity contribution is 5.89. The number of rotatable bonds is 7. The number of benzene rings is 7. The fourth-order valence-corrected chi connectivity index (χ4v) is 7.21. The molecule has 1 aliphatic rings. The summed E-state index contributed by atoms with van der Waals surface area (Å²) in [6.07, 6.45) is 0. The van der Waals surface area contributed by atoms with E-state index >= 15 is 0 Å². The molecular formula is C46H39N3. The first-order valence-corrected chi connectivity index (χ1v) is 17.0. The number of aryl methyl sites for hydroxylation is 1. The zero-order valence-electron chi connectivity index (χ0n) is 28.2. The molecule has 3 heteroatoms. The topological polar surface area (TPSA) is 9.72 Å². The summed E-state index contributed by atoms with van der Waals surface area (Å²) in [6, 6.07) is 65.3. The summed E-state index contributed by atoms with van der Waals surface area (Å²) in [5, 5.41) is 0. The maximum Gasteiger partial charge on any atom is 0.0504 e. The second kappa shape index (κ2) is 12.5. The molecule has 0 amide bonds. The van der Waals surface area contributed by atoms with Crippen LogP contribution in [0.2, 0.25) is 0 Å². The van der Waals surface area contributed by atoms with Gasteiger partial charge in [0, 0.05) is 45.2 Å². The molecule has 0 saturated carbocycles. The van der Waals surface area contributed by atoms with E-state index in [4.69, 9.17) is 0 Å². The summed E-state index contributed by atoms with van der Waals surface area (Å²) >= 11 is 0. The Kier molecular flexibility index (Phi) is 7.74. The van der Waals surface area contributed by atoms with Gasteiger partial charge in [0.15, 0.2) is 0 Å². The Morgan fingerprint density at radius 1 is 0.388 bits per heavy atom. The molecule has 49 heavy (non-hydrogen) atoms. The van der Waals surface area contributed by atoms with Gasteiger partial charge in [0.1, 0.15) is 0 Å². The molecule has 7 aromatic rings. The van der Waals surface area contributed by atoms with Gasteiger partial charge in [-0.05, 0) is 115 Å². The fourth-order valence-electron chi connectivity index (χ4n) is 7.21. The second-order valence-electron chi connectivity index (χ2n) is 13.2. The van der Waals surface area contributed by atoms with Crippen LogP contribution in [0.4, 0.5) is 51.2 Å². The van der Waals surface area contributed by atoms with E-state index in [0.29, 0.717) is 0 Å². The lowest BCUT2D eigenvalue weighted by atomic mass is 9.73. The molecule has 3 nitrogen and oxygen atoms in total. The predicted molar refractivity (Wildman–Crippen MR) is 207 cm³/mol. The lowest BCUT2D eigenvalue weighted by Crippen LogP contribution is -2.31. The number of hydrogen-bond acceptors (Lipinski definition) is 3. The Labute approximate surface area is 290 Å². The molecular weight excluding hydrogens is 595 g/mol. The van der Waals surface area contributed by atoms with Gasteiger partial charge in [0.2, 0.25) is 0 Å². The van der Waals surface area contributed by atoms with Crippen LogP contribution in [0.5, 0.6) is 0 Å². The molecule has 8 rings (SSSR count). The van der Waals surface area contributed by atoms with Crippen LogP contribution < -0.4 is 14.7 Å². The van der Waals surface area contributed by atoms with E-state index in [1.165, 1.54) is 28.1 Å². The zero-order valence-corrected chi connectivity index (χ0v) is 28.2. The maximum atomic E-state index is 2.44. The molecule has 0 spiro atoms. The summed E-state index contributed by atoms with van der Waals surface area (Å²) in [4.78, 5) is 7.10. The van der Waals surface area contributed by atoms with E-state index in [0.717, 1.165) is 39.8 Å². The highest BCUT2D eigenvalue weighted by atomic mass is 15.2. The van der Waals surface area contributed by atoms with E-state index in [-0.39, 0.29) is 5.41 Å². The first-order chi connectivity index (χ1) is 24.0. The van der Waals surface area contributed by atoms with Crippen LogP contribution in [0.25, 0.3) is 0 Å². The SMILES string of the molecule is Cc1ccc2c(c1)C(C)(C)c1cc(N(c3ccccc3)c3ccccc3)ccc1N2c1ccc(N(c2ccccc2)c2ccccc2)cc1. The van der Waals surface area contributed by atoms with Gasteiger partial charge in [-0.1, -0.05) is 104 Å². The third kappa shape index (κ3) is 5.54. The zero-order chi connectivity index (χ0) is 33.4. The standard InChI is InChI=1S/C46H39N3/c1-34-24-30-44-42(32-34)46(2,3)43-33-41(48(37-20-12-6-13-21-37)38-22-14-7-15-23-38)29-31-45(43)49(44)40-27-25-39(26-28-40)47(35-16-8-4-9-17-35)36-18-10-5-11-19-36/h4-33H,1-3H3. The third-order valence-corrected chi connectivity index (χ3v) is 9.64. The highest BCUT2D eigenvalue weighted by Crippen LogP contribution is 2.53. The van der Waals surface area contributed by atoms with Crippen LogP contribution in [-0.4, -0.2) is 0 Å². The van der Waals surface area contributed by atoms with Gasteiger partial charge in [0.05, 0.1) is 11.4 Å². The number of anilines is 9. The van der Waals surface area contributed by atoms with E-state index in [2.05, 4.69) is 217 Å². The van der Waals surface area contributed by atoms with Crippen molar-refractivity contribution in [1.29, 1.82) is 0 Å². The van der Waals surface area contributed by atoms with Crippen LogP contribution in [-0.2, 0) is 5.41 Å². The molecule has 0 aromatic heterocycles. The van der Waals surface area contributed by atoms with E-state index in [1.54, 1.807) is 0 Å². The van der Waals surface area contributed by atoms with Crippen molar-refractivity contribution in [3.05, 3.63) is 199 Å². The monoisotopic (exact) mass is 633 g/mol. The van der Waals surface area contributed by atoms with Crippen molar-refractivity contribution < 1.29 is 0 Å². The molecule has 0 N–H and O–H groups in total. The Hall–Kier alpha value is -6.06. The molecule has 1 aliphatic heterocycles. The minimum absolute atomic E-state index is 0.223. The maximum absolute atomic E-state index is 2.44. The summed E-state index contributed by atoms with van der Waals surface area (Å²) in [5.74, 6) is 0. The molecule has 238 valence electrons. The largest absolute Gasteiger partial charge is 0.311 e. The van der Waals surface area contributed by atoms with E-state index < -0.39 is 0 Å². The molecule has 0 aliphatic carbocycles. The minimum atomic E-state index is -0.223. The first kappa shape index (κ1) is 30.3. The molecule has 7 aromatic carbocycles. The van der Waals surface area contributed by atoms with E-state index in [9.17, 15) is 0 Å². The van der Waals surface area contributed by atoms with Gasteiger partial charge in [-0.25, -0.2) is 0 Å². The summed E-state index contributed by atoms with van der Waals surface area (Å²) in [5.41, 5.74) is 14.0. The van der Waals surface area contributed by atoms with Crippen LogP contribution in [0.15, 0.2) is 182 Å². The summed E-state index contributed by atoms with van der Waals surface area (Å²) < 4.78 is 0. The van der Waals surface area contributed by atoms with Crippen molar-refractivity contribution in [2.75, 3.05) is 14.7 Å². The molecule has 1 heterocycles. The van der Waals surface area contributed by atoms with Crippen LogP contribution in [0.3, 0.4) is 0 Å². The predicted octanol–water partition coefficient (Wildman–Crippen LogP) is 13.0. The number of hydrogen-bond donors (Lipinski definition) is 0. The van der Waals surface area contributed by atoms with Gasteiger partial charge < -0.3 is 14.7 Å². The Bertz CT molecular complexity index is 2110. The molecule has 0 bridgehead atoms. The van der Waals surface area contributed by atoms with Crippen molar-refractivity contribution in [3.63, 3.8) is 0 Å². The number of para-hydroxylation sites is 4. The van der Waals surface area contributed by atoms with Crippen LogP contribution in [0, 0.1) is 6.92 Å². The number of nitrogens with zero attached hydrogens (tertiary/aromatic N) is 3. The average Bonchev–Trinajstić information content (AvgIpc) is 3.15. The van der Waals surface area contributed by atoms with Gasteiger partial charge in [0.25, 0.3) is 0 Å². The van der Waals surface area contributed by atoms with Crippen molar-refractivity contribution in [3.8, 4) is 0 Å². The fraction of sp³-hybridized carbons (Fsp3) is 0.0870. The first-order valence-electron chi connectivity index (χ1n) is 17.0. The Morgan fingerprint density at radius 2 is 0.755 bits per heavy atom. The quantitative estimate of drug-likeness (QED) is 0.173.